The summed E-state index contributed by atoms with van der Waals surface area (Å²) in [5, 5.41) is 9.30. The minimum Gasteiger partial charge on any atom is -0.459 e. The molecule has 0 saturated heterocycles. The third-order valence-corrected chi connectivity index (χ3v) is 7.91. The lowest BCUT2D eigenvalue weighted by Crippen LogP contribution is -2.25. The molecule has 0 aromatic heterocycles. The van der Waals surface area contributed by atoms with Crippen molar-refractivity contribution in [3.63, 3.8) is 0 Å². The average Bonchev–Trinajstić information content (AvgIpc) is 3.08. The second-order valence-electron chi connectivity index (χ2n) is 11.3. The molecule has 47 heavy (non-hydrogen) atoms. The van der Waals surface area contributed by atoms with Gasteiger partial charge in [0, 0.05) is 14.2 Å². The van der Waals surface area contributed by atoms with Crippen LogP contribution in [0.25, 0.3) is 22.3 Å². The molecular weight excluding hydrogens is 600 g/mol. The van der Waals surface area contributed by atoms with Gasteiger partial charge in [0.25, 0.3) is 0 Å². The van der Waals surface area contributed by atoms with Crippen LogP contribution < -0.4 is 9.47 Å². The Bertz CT molecular complexity index is 1610. The molecule has 0 spiro atoms. The van der Waals surface area contributed by atoms with E-state index in [-0.39, 0.29) is 42.0 Å². The first kappa shape index (κ1) is 35.0. The van der Waals surface area contributed by atoms with Gasteiger partial charge in [-0.15, -0.1) is 0 Å². The zero-order valence-corrected chi connectivity index (χ0v) is 26.8. The lowest BCUT2D eigenvalue weighted by molar-refractivity contribution is -0.146. The molecule has 1 aliphatic rings. The normalized spacial score (nSPS) is 15.7. The van der Waals surface area contributed by atoms with E-state index in [1.165, 1.54) is 14.2 Å². The molecule has 4 rings (SSSR count). The summed E-state index contributed by atoms with van der Waals surface area (Å²) < 4.78 is 26.5. The Kier molecular flexibility index (Phi) is 12.4. The molecule has 3 aromatic rings. The van der Waals surface area contributed by atoms with Crippen LogP contribution >= 0.6 is 0 Å². The second-order valence-corrected chi connectivity index (χ2v) is 11.3. The quantitative estimate of drug-likeness (QED) is 0.122. The number of ether oxygens (including phenoxy) is 5. The van der Waals surface area contributed by atoms with Crippen LogP contribution in [-0.2, 0) is 28.6 Å². The summed E-state index contributed by atoms with van der Waals surface area (Å²) in [5.41, 5.74) is 5.37. The highest BCUT2D eigenvalue weighted by Gasteiger charge is 2.28. The predicted molar refractivity (Wildman–Crippen MR) is 178 cm³/mol. The van der Waals surface area contributed by atoms with Crippen LogP contribution in [0.15, 0.2) is 103 Å². The highest BCUT2D eigenvalue weighted by atomic mass is 16.6. The number of methoxy groups -OCH3 is 2. The van der Waals surface area contributed by atoms with Crippen molar-refractivity contribution in [3.05, 3.63) is 109 Å². The molecule has 1 saturated carbocycles. The van der Waals surface area contributed by atoms with E-state index in [0.717, 1.165) is 40.7 Å². The summed E-state index contributed by atoms with van der Waals surface area (Å²) in [6, 6.07) is 20.8. The maximum atomic E-state index is 12.4. The minimum atomic E-state index is -0.692. The first-order valence-corrected chi connectivity index (χ1v) is 15.3. The minimum absolute atomic E-state index is 0.0358. The molecule has 1 aliphatic carbocycles. The molecule has 9 heteroatoms. The smallest absolute Gasteiger partial charge is 0.341 e. The third-order valence-electron chi connectivity index (χ3n) is 7.91. The highest BCUT2D eigenvalue weighted by Crippen LogP contribution is 2.41. The predicted octanol–water partition coefficient (Wildman–Crippen LogP) is 6.35. The van der Waals surface area contributed by atoms with Crippen molar-refractivity contribution in [3.8, 4) is 33.8 Å². The first-order valence-electron chi connectivity index (χ1n) is 15.3. The molecule has 0 heterocycles. The molecular formula is C38H40O9. The van der Waals surface area contributed by atoms with Gasteiger partial charge in [-0.3, -0.25) is 0 Å². The van der Waals surface area contributed by atoms with Crippen molar-refractivity contribution >= 4 is 17.9 Å². The van der Waals surface area contributed by atoms with Gasteiger partial charge in [-0.05, 0) is 83.7 Å². The number of hydrogen-bond donors (Lipinski definition) is 1. The monoisotopic (exact) mass is 640 g/mol. The number of aliphatic hydroxyl groups excluding tert-OH is 1. The Labute approximate surface area is 275 Å². The molecule has 1 fully saturated rings. The standard InChI is InChI=1S/C38H40O9/c1-24(21-39)36(40)47-33-18-19-34(35(20-33)30-12-16-32(17-13-30)46-38(42)26(3)23-44-5)29-8-6-27(7-9-29)28-10-14-31(15-11-28)45-37(41)25(2)22-43-4/h6-11,14-15,18-20,30,32,39H,1-3,12-13,16-17,21-23H2,4-5H3. The molecule has 0 atom stereocenters. The molecule has 246 valence electrons. The largest absolute Gasteiger partial charge is 0.459 e. The Morgan fingerprint density at radius 2 is 1.15 bits per heavy atom. The van der Waals surface area contributed by atoms with Gasteiger partial charge in [-0.25, -0.2) is 14.4 Å². The van der Waals surface area contributed by atoms with Crippen LogP contribution in [-0.4, -0.2) is 63.2 Å². The number of carbonyl (C=O) groups is 3. The second kappa shape index (κ2) is 16.6. The summed E-state index contributed by atoms with van der Waals surface area (Å²) in [7, 11) is 2.99. The fourth-order valence-electron chi connectivity index (χ4n) is 5.38. The Hall–Kier alpha value is -4.83. The van der Waals surface area contributed by atoms with Crippen LogP contribution in [0.2, 0.25) is 0 Å². The third kappa shape index (κ3) is 9.36. The Morgan fingerprint density at radius 1 is 0.660 bits per heavy atom. The van der Waals surface area contributed by atoms with Gasteiger partial charge < -0.3 is 28.8 Å². The van der Waals surface area contributed by atoms with Gasteiger partial charge in [-0.2, -0.15) is 0 Å². The van der Waals surface area contributed by atoms with Crippen molar-refractivity contribution < 1.29 is 43.2 Å². The highest BCUT2D eigenvalue weighted by molar-refractivity contribution is 5.90. The number of rotatable bonds is 14. The Morgan fingerprint density at radius 3 is 1.72 bits per heavy atom. The van der Waals surface area contributed by atoms with E-state index < -0.39 is 24.5 Å². The van der Waals surface area contributed by atoms with Crippen molar-refractivity contribution in [2.75, 3.05) is 34.0 Å². The van der Waals surface area contributed by atoms with E-state index in [1.807, 2.05) is 48.5 Å². The van der Waals surface area contributed by atoms with Gasteiger partial charge in [0.15, 0.2) is 0 Å². The van der Waals surface area contributed by atoms with Crippen molar-refractivity contribution in [1.82, 2.24) is 0 Å². The van der Waals surface area contributed by atoms with Gasteiger partial charge in [0.05, 0.1) is 36.5 Å². The molecule has 0 radical (unpaired) electrons. The Balaban J connectivity index is 1.53. The lowest BCUT2D eigenvalue weighted by atomic mass is 9.79. The maximum absolute atomic E-state index is 12.4. The van der Waals surface area contributed by atoms with Gasteiger partial charge in [0.1, 0.15) is 17.6 Å². The van der Waals surface area contributed by atoms with Gasteiger partial charge >= 0.3 is 17.9 Å². The molecule has 1 N–H and O–H groups in total. The molecule has 0 amide bonds. The van der Waals surface area contributed by atoms with E-state index >= 15 is 0 Å². The molecule has 0 aliphatic heterocycles. The van der Waals surface area contributed by atoms with E-state index in [9.17, 15) is 19.5 Å². The molecule has 0 unspecified atom stereocenters. The first-order chi connectivity index (χ1) is 22.6. The van der Waals surface area contributed by atoms with Gasteiger partial charge in [0.2, 0.25) is 0 Å². The molecule has 3 aromatic carbocycles. The number of carbonyl (C=O) groups excluding carboxylic acids is 3. The SMILES string of the molecule is C=C(CO)C(=O)Oc1ccc(-c2ccc(-c3ccc(OC(=O)C(=C)COC)cc3)cc2)c(C2CCC(OC(=O)C(=C)COC)CC2)c1. The zero-order chi connectivity index (χ0) is 33.9. The van der Waals surface area contributed by atoms with Crippen LogP contribution in [0.5, 0.6) is 11.5 Å². The average molecular weight is 641 g/mol. The lowest BCUT2D eigenvalue weighted by Gasteiger charge is -2.30. The number of esters is 3. The summed E-state index contributed by atoms with van der Waals surface area (Å²) in [6.45, 7) is 10.7. The van der Waals surface area contributed by atoms with Crippen molar-refractivity contribution in [2.45, 2.75) is 37.7 Å². The van der Waals surface area contributed by atoms with E-state index in [0.29, 0.717) is 24.3 Å². The van der Waals surface area contributed by atoms with E-state index in [2.05, 4.69) is 19.7 Å². The van der Waals surface area contributed by atoms with E-state index in [4.69, 9.17) is 23.7 Å². The number of hydrogen-bond acceptors (Lipinski definition) is 9. The number of aliphatic hydroxyl groups is 1. The van der Waals surface area contributed by atoms with Gasteiger partial charge in [-0.1, -0.05) is 62.2 Å². The molecule has 0 bridgehead atoms. The van der Waals surface area contributed by atoms with E-state index in [1.54, 1.807) is 18.2 Å². The van der Waals surface area contributed by atoms with Crippen LogP contribution in [0.1, 0.15) is 37.2 Å². The van der Waals surface area contributed by atoms with Crippen LogP contribution in [0.4, 0.5) is 0 Å². The summed E-state index contributed by atoms with van der Waals surface area (Å²) in [5.74, 6) is -0.792. The van der Waals surface area contributed by atoms with Crippen LogP contribution in [0.3, 0.4) is 0 Å². The maximum Gasteiger partial charge on any atom is 0.341 e. The molecule has 9 nitrogen and oxygen atoms in total. The summed E-state index contributed by atoms with van der Waals surface area (Å²) in [4.78, 5) is 36.8. The summed E-state index contributed by atoms with van der Waals surface area (Å²) in [6.07, 6.45) is 2.65. The van der Waals surface area contributed by atoms with Crippen LogP contribution in [0, 0.1) is 0 Å². The summed E-state index contributed by atoms with van der Waals surface area (Å²) >= 11 is 0. The number of benzene rings is 3. The van der Waals surface area contributed by atoms with Crippen molar-refractivity contribution in [1.29, 1.82) is 0 Å². The zero-order valence-electron chi connectivity index (χ0n) is 26.8. The van der Waals surface area contributed by atoms with Crippen molar-refractivity contribution in [2.24, 2.45) is 0 Å². The fourth-order valence-corrected chi connectivity index (χ4v) is 5.38. The fraction of sp³-hybridized carbons (Fsp3) is 0.289. The topological polar surface area (TPSA) is 118 Å².